The molecule has 0 bridgehead atoms. The normalized spacial score (nSPS) is 21.0. The maximum absolute atomic E-state index is 12.5. The second-order valence-electron chi connectivity index (χ2n) is 7.06. The highest BCUT2D eigenvalue weighted by Gasteiger charge is 2.31. The van der Waals surface area contributed by atoms with Gasteiger partial charge < -0.3 is 15.2 Å². The molecule has 2 N–H and O–H groups in total. The first-order valence-electron chi connectivity index (χ1n) is 8.92. The molecule has 1 saturated heterocycles. The number of amides is 1. The summed E-state index contributed by atoms with van der Waals surface area (Å²) >= 11 is 0. The van der Waals surface area contributed by atoms with Gasteiger partial charge in [0.1, 0.15) is 5.65 Å². The minimum Gasteiger partial charge on any atom is -0.354 e. The number of aromatic nitrogens is 4. The zero-order chi connectivity index (χ0) is 16.8. The number of H-pyrrole nitrogens is 1. The maximum atomic E-state index is 12.5. The number of hydrogen-bond acceptors (Lipinski definition) is 5. The molecular formula is C18H20N6O. The summed E-state index contributed by atoms with van der Waals surface area (Å²) in [5, 5.41) is 14.8. The van der Waals surface area contributed by atoms with Crippen molar-refractivity contribution in [3.05, 3.63) is 24.7 Å². The lowest BCUT2D eigenvalue weighted by Gasteiger charge is -2.33. The summed E-state index contributed by atoms with van der Waals surface area (Å²) in [5.41, 5.74) is 0.849. The topological polar surface area (TPSA) is 86.8 Å². The van der Waals surface area contributed by atoms with Gasteiger partial charge in [-0.2, -0.15) is 5.10 Å². The average molecular weight is 336 g/mol. The zero-order valence-electron chi connectivity index (χ0n) is 13.9. The largest absolute Gasteiger partial charge is 0.354 e. The van der Waals surface area contributed by atoms with Crippen molar-refractivity contribution in [1.29, 1.82) is 0 Å². The molecule has 1 unspecified atom stereocenters. The lowest BCUT2D eigenvalue weighted by Crippen LogP contribution is -2.44. The predicted octanol–water partition coefficient (Wildman–Crippen LogP) is 2.00. The minimum atomic E-state index is 0.0231. The molecule has 1 amide bonds. The first kappa shape index (κ1) is 14.6. The number of nitrogens with one attached hydrogen (secondary N) is 2. The Labute approximate surface area is 144 Å². The van der Waals surface area contributed by atoms with Gasteiger partial charge in [0.05, 0.1) is 12.1 Å². The number of nitrogens with zero attached hydrogens (tertiary/aromatic N) is 4. The molecule has 1 atom stereocenters. The Morgan fingerprint density at radius 2 is 2.20 bits per heavy atom. The van der Waals surface area contributed by atoms with Crippen molar-refractivity contribution in [3.63, 3.8) is 0 Å². The van der Waals surface area contributed by atoms with Crippen LogP contribution in [0.3, 0.4) is 0 Å². The van der Waals surface area contributed by atoms with Crippen LogP contribution in [0.15, 0.2) is 24.7 Å². The van der Waals surface area contributed by atoms with Crippen LogP contribution in [-0.2, 0) is 4.79 Å². The molecule has 1 saturated carbocycles. The van der Waals surface area contributed by atoms with E-state index in [-0.39, 0.29) is 11.8 Å². The van der Waals surface area contributed by atoms with E-state index in [0.29, 0.717) is 12.6 Å². The van der Waals surface area contributed by atoms with Crippen LogP contribution in [0.2, 0.25) is 0 Å². The summed E-state index contributed by atoms with van der Waals surface area (Å²) in [5.74, 6) is 1.07. The number of piperidine rings is 1. The number of carbonyl (C=O) groups excluding carboxylic acids is 1. The molecule has 0 aromatic carbocycles. The van der Waals surface area contributed by atoms with Gasteiger partial charge in [-0.05, 0) is 31.7 Å². The standard InChI is InChI=1S/C18H20N6O/c25-18(22-13-3-4-13)11-2-1-7-24(10-11)17-15-12(9-21-23-17)8-20-16-14(15)5-6-19-16/h5-6,8-9,11,13H,1-4,7,10H2,(H,19,20)(H,22,25). The third-order valence-electron chi connectivity index (χ3n) is 5.20. The van der Waals surface area contributed by atoms with Gasteiger partial charge in [-0.1, -0.05) is 0 Å². The molecule has 1 aliphatic carbocycles. The number of carbonyl (C=O) groups is 1. The molecule has 5 rings (SSSR count). The molecule has 25 heavy (non-hydrogen) atoms. The van der Waals surface area contributed by atoms with Crippen molar-refractivity contribution in [2.45, 2.75) is 31.7 Å². The summed E-state index contributed by atoms with van der Waals surface area (Å²) in [6.07, 6.45) is 9.64. The zero-order valence-corrected chi connectivity index (χ0v) is 13.9. The van der Waals surface area contributed by atoms with Gasteiger partial charge in [-0.25, -0.2) is 4.98 Å². The van der Waals surface area contributed by atoms with Gasteiger partial charge in [-0.3, -0.25) is 4.79 Å². The Morgan fingerprint density at radius 1 is 1.28 bits per heavy atom. The third-order valence-corrected chi connectivity index (χ3v) is 5.20. The maximum Gasteiger partial charge on any atom is 0.225 e. The van der Waals surface area contributed by atoms with Crippen molar-refractivity contribution in [2.75, 3.05) is 18.0 Å². The summed E-state index contributed by atoms with van der Waals surface area (Å²) in [4.78, 5) is 22.3. The van der Waals surface area contributed by atoms with Gasteiger partial charge in [0.25, 0.3) is 0 Å². The SMILES string of the molecule is O=C(NC1CC1)C1CCCN(c2nncc3cnc4[nH]ccc4c23)C1. The van der Waals surface area contributed by atoms with Crippen molar-refractivity contribution in [2.24, 2.45) is 5.92 Å². The molecule has 2 aliphatic rings. The number of rotatable bonds is 3. The molecule has 4 heterocycles. The molecule has 7 heteroatoms. The highest BCUT2D eigenvalue weighted by atomic mass is 16.2. The van der Waals surface area contributed by atoms with Crippen LogP contribution in [0.5, 0.6) is 0 Å². The molecule has 3 aromatic heterocycles. The second-order valence-corrected chi connectivity index (χ2v) is 7.06. The van der Waals surface area contributed by atoms with Gasteiger partial charge in [-0.15, -0.1) is 5.10 Å². The van der Waals surface area contributed by atoms with Crippen LogP contribution < -0.4 is 10.2 Å². The van der Waals surface area contributed by atoms with Crippen LogP contribution in [0, 0.1) is 5.92 Å². The smallest absolute Gasteiger partial charge is 0.225 e. The molecule has 1 aliphatic heterocycles. The average Bonchev–Trinajstić information content (AvgIpc) is 3.33. The van der Waals surface area contributed by atoms with E-state index < -0.39 is 0 Å². The van der Waals surface area contributed by atoms with Gasteiger partial charge in [0.15, 0.2) is 5.82 Å². The molecule has 2 fully saturated rings. The van der Waals surface area contributed by atoms with E-state index in [9.17, 15) is 4.79 Å². The van der Waals surface area contributed by atoms with Crippen LogP contribution in [-0.4, -0.2) is 45.2 Å². The van der Waals surface area contributed by atoms with Crippen molar-refractivity contribution >= 4 is 33.5 Å². The third kappa shape index (κ3) is 2.59. The van der Waals surface area contributed by atoms with Crippen LogP contribution >= 0.6 is 0 Å². The second kappa shape index (κ2) is 5.68. The number of aromatic amines is 1. The van der Waals surface area contributed by atoms with Crippen molar-refractivity contribution < 1.29 is 4.79 Å². The van der Waals surface area contributed by atoms with Gasteiger partial charge in [0, 0.05) is 47.7 Å². The molecule has 0 spiro atoms. The fourth-order valence-electron chi connectivity index (χ4n) is 3.72. The molecule has 7 nitrogen and oxygen atoms in total. The molecule has 128 valence electrons. The summed E-state index contributed by atoms with van der Waals surface area (Å²) in [6.45, 7) is 1.59. The first-order chi connectivity index (χ1) is 12.3. The molecule has 0 radical (unpaired) electrons. The number of fused-ring (bicyclic) bond motifs is 3. The predicted molar refractivity (Wildman–Crippen MR) is 95.3 cm³/mol. The summed E-state index contributed by atoms with van der Waals surface area (Å²) in [6, 6.07) is 2.43. The van der Waals surface area contributed by atoms with E-state index in [1.807, 2.05) is 18.5 Å². The lowest BCUT2D eigenvalue weighted by atomic mass is 9.96. The Kier molecular flexibility index (Phi) is 3.33. The fourth-order valence-corrected chi connectivity index (χ4v) is 3.72. The van der Waals surface area contributed by atoms with Crippen LogP contribution in [0.1, 0.15) is 25.7 Å². The number of hydrogen-bond donors (Lipinski definition) is 2. The lowest BCUT2D eigenvalue weighted by molar-refractivity contribution is -0.125. The highest BCUT2D eigenvalue weighted by molar-refractivity contribution is 6.10. The van der Waals surface area contributed by atoms with E-state index in [0.717, 1.165) is 59.9 Å². The van der Waals surface area contributed by atoms with Crippen LogP contribution in [0.4, 0.5) is 5.82 Å². The first-order valence-corrected chi connectivity index (χ1v) is 8.92. The fraction of sp³-hybridized carbons (Fsp3) is 0.444. The van der Waals surface area contributed by atoms with E-state index in [2.05, 4.69) is 30.4 Å². The van der Waals surface area contributed by atoms with E-state index >= 15 is 0 Å². The summed E-state index contributed by atoms with van der Waals surface area (Å²) < 4.78 is 0. The molecule has 3 aromatic rings. The Balaban J connectivity index is 1.51. The van der Waals surface area contributed by atoms with E-state index in [1.54, 1.807) is 6.20 Å². The van der Waals surface area contributed by atoms with Crippen molar-refractivity contribution in [1.82, 2.24) is 25.5 Å². The van der Waals surface area contributed by atoms with Gasteiger partial charge in [0.2, 0.25) is 5.91 Å². The minimum absolute atomic E-state index is 0.0231. The van der Waals surface area contributed by atoms with E-state index in [4.69, 9.17) is 0 Å². The number of pyridine rings is 1. The summed E-state index contributed by atoms with van der Waals surface area (Å²) in [7, 11) is 0. The number of anilines is 1. The van der Waals surface area contributed by atoms with Crippen LogP contribution in [0.25, 0.3) is 21.8 Å². The Hall–Kier alpha value is -2.70. The Bertz CT molecular complexity index is 947. The van der Waals surface area contributed by atoms with Crippen molar-refractivity contribution in [3.8, 4) is 0 Å². The Morgan fingerprint density at radius 3 is 3.08 bits per heavy atom. The van der Waals surface area contributed by atoms with E-state index in [1.165, 1.54) is 0 Å². The quantitative estimate of drug-likeness (QED) is 0.764. The molecular weight excluding hydrogens is 316 g/mol. The highest BCUT2D eigenvalue weighted by Crippen LogP contribution is 2.32. The monoisotopic (exact) mass is 336 g/mol. The van der Waals surface area contributed by atoms with Gasteiger partial charge >= 0.3 is 0 Å².